The van der Waals surface area contributed by atoms with Crippen LogP contribution in [0.25, 0.3) is 0 Å². The van der Waals surface area contributed by atoms with Crippen LogP contribution in [-0.2, 0) is 10.2 Å². The van der Waals surface area contributed by atoms with Gasteiger partial charge in [-0.1, -0.05) is 13.8 Å². The zero-order chi connectivity index (χ0) is 12.0. The lowest BCUT2D eigenvalue weighted by molar-refractivity contribution is 0.0559. The van der Waals surface area contributed by atoms with Crippen molar-refractivity contribution in [3.8, 4) is 0 Å². The fourth-order valence-corrected chi connectivity index (χ4v) is 2.28. The second-order valence-electron chi connectivity index (χ2n) is 4.96. The van der Waals surface area contributed by atoms with E-state index in [1.807, 2.05) is 0 Å². The van der Waals surface area contributed by atoms with Crippen LogP contribution in [0.2, 0.25) is 0 Å². The van der Waals surface area contributed by atoms with Crippen molar-refractivity contribution < 1.29 is 19.1 Å². The van der Waals surface area contributed by atoms with E-state index >= 15 is 0 Å². The number of carbonyl (C=O) groups excluding carboxylic acids is 1. The van der Waals surface area contributed by atoms with Gasteiger partial charge in [0.15, 0.2) is 0 Å². The van der Waals surface area contributed by atoms with Crippen LogP contribution in [0, 0.1) is 5.41 Å². The minimum atomic E-state index is -0.488. The predicted octanol–water partition coefficient (Wildman–Crippen LogP) is 1.73. The zero-order valence-corrected chi connectivity index (χ0v) is 9.74. The fourth-order valence-electron chi connectivity index (χ4n) is 2.28. The molecule has 0 spiro atoms. The minimum absolute atomic E-state index is 0.0208. The Morgan fingerprint density at radius 2 is 2.19 bits per heavy atom. The Bertz CT molecular complexity index is 418. The van der Waals surface area contributed by atoms with Gasteiger partial charge in [0, 0.05) is 0 Å². The van der Waals surface area contributed by atoms with Crippen molar-refractivity contribution in [3.63, 3.8) is 0 Å². The van der Waals surface area contributed by atoms with E-state index in [0.717, 1.165) is 6.42 Å². The lowest BCUT2D eigenvalue weighted by Gasteiger charge is -2.14. The first-order valence-corrected chi connectivity index (χ1v) is 5.26. The average molecular weight is 224 g/mol. The predicted molar refractivity (Wildman–Crippen MR) is 57.2 cm³/mol. The lowest BCUT2D eigenvalue weighted by Crippen LogP contribution is -2.18. The molecule has 1 N–H and O–H groups in total. The van der Waals surface area contributed by atoms with Crippen LogP contribution in [0.15, 0.2) is 16.5 Å². The van der Waals surface area contributed by atoms with Gasteiger partial charge in [-0.25, -0.2) is 4.79 Å². The monoisotopic (exact) mass is 224 g/mol. The van der Waals surface area contributed by atoms with Gasteiger partial charge in [0.25, 0.3) is 0 Å². The molecule has 1 saturated carbocycles. The van der Waals surface area contributed by atoms with E-state index in [1.165, 1.54) is 7.11 Å². The summed E-state index contributed by atoms with van der Waals surface area (Å²) in [7, 11) is 1.31. The zero-order valence-electron chi connectivity index (χ0n) is 9.74. The number of ether oxygens (including phenoxy) is 1. The molecule has 88 valence electrons. The molecule has 0 amide bonds. The second-order valence-corrected chi connectivity index (χ2v) is 4.96. The number of methoxy groups -OCH3 is 1. The molecule has 0 bridgehead atoms. The highest BCUT2D eigenvalue weighted by Crippen LogP contribution is 2.64. The van der Waals surface area contributed by atoms with Crippen molar-refractivity contribution in [1.29, 1.82) is 0 Å². The van der Waals surface area contributed by atoms with E-state index in [1.54, 1.807) is 12.1 Å². The van der Waals surface area contributed by atoms with Crippen LogP contribution < -0.4 is 0 Å². The number of esters is 1. The summed E-state index contributed by atoms with van der Waals surface area (Å²) in [4.78, 5) is 11.2. The summed E-state index contributed by atoms with van der Waals surface area (Å²) < 4.78 is 10.0. The molecule has 1 aliphatic rings. The minimum Gasteiger partial charge on any atom is -0.463 e. The van der Waals surface area contributed by atoms with Gasteiger partial charge in [-0.05, 0) is 24.0 Å². The second kappa shape index (κ2) is 3.35. The first-order chi connectivity index (χ1) is 7.47. The summed E-state index contributed by atoms with van der Waals surface area (Å²) in [5.74, 6) is 0.367. The molecule has 2 rings (SSSR count). The van der Waals surface area contributed by atoms with Crippen molar-refractivity contribution >= 4 is 5.97 Å². The normalized spacial score (nSPS) is 26.5. The summed E-state index contributed by atoms with van der Waals surface area (Å²) in [6.45, 7) is 4.18. The van der Waals surface area contributed by atoms with Crippen LogP contribution in [0.5, 0.6) is 0 Å². The van der Waals surface area contributed by atoms with Gasteiger partial charge in [0.2, 0.25) is 5.76 Å². The third-order valence-corrected chi connectivity index (χ3v) is 3.65. The van der Waals surface area contributed by atoms with E-state index in [2.05, 4.69) is 18.6 Å². The van der Waals surface area contributed by atoms with Crippen molar-refractivity contribution in [2.45, 2.75) is 25.7 Å². The van der Waals surface area contributed by atoms with Gasteiger partial charge < -0.3 is 14.3 Å². The van der Waals surface area contributed by atoms with Crippen LogP contribution in [-0.4, -0.2) is 24.8 Å². The van der Waals surface area contributed by atoms with Gasteiger partial charge >= 0.3 is 5.97 Å². The maximum atomic E-state index is 11.2. The quantitative estimate of drug-likeness (QED) is 0.794. The van der Waals surface area contributed by atoms with E-state index in [-0.39, 0.29) is 23.2 Å². The fraction of sp³-hybridized carbons (Fsp3) is 0.583. The van der Waals surface area contributed by atoms with Crippen molar-refractivity contribution in [2.75, 3.05) is 13.7 Å². The van der Waals surface area contributed by atoms with Gasteiger partial charge in [-0.2, -0.15) is 0 Å². The summed E-state index contributed by atoms with van der Waals surface area (Å²) in [6, 6.07) is 3.34. The molecular formula is C12H16O4. The highest BCUT2D eigenvalue weighted by atomic mass is 16.5. The lowest BCUT2D eigenvalue weighted by atomic mass is 9.94. The number of hydrogen-bond donors (Lipinski definition) is 1. The number of hydrogen-bond acceptors (Lipinski definition) is 4. The number of aliphatic hydroxyl groups is 1. The molecule has 1 fully saturated rings. The van der Waals surface area contributed by atoms with Gasteiger partial charge in [0.1, 0.15) is 5.76 Å². The van der Waals surface area contributed by atoms with Gasteiger partial charge in [-0.15, -0.1) is 0 Å². The molecule has 1 aromatic rings. The number of furan rings is 1. The highest BCUT2D eigenvalue weighted by Gasteiger charge is 2.63. The van der Waals surface area contributed by atoms with E-state index in [9.17, 15) is 9.90 Å². The number of carbonyl (C=O) groups is 1. The number of aliphatic hydroxyl groups excluding tert-OH is 1. The molecule has 4 heteroatoms. The SMILES string of the molecule is COC(=O)c1ccc(C2(CO)CC2(C)C)o1. The molecule has 4 nitrogen and oxygen atoms in total. The van der Waals surface area contributed by atoms with E-state index in [4.69, 9.17) is 4.42 Å². The van der Waals surface area contributed by atoms with Crippen LogP contribution in [0.1, 0.15) is 36.6 Å². The molecule has 16 heavy (non-hydrogen) atoms. The van der Waals surface area contributed by atoms with Gasteiger partial charge in [0.05, 0.1) is 19.1 Å². The first-order valence-electron chi connectivity index (χ1n) is 5.26. The highest BCUT2D eigenvalue weighted by molar-refractivity contribution is 5.86. The molecule has 1 unspecified atom stereocenters. The van der Waals surface area contributed by atoms with Crippen molar-refractivity contribution in [3.05, 3.63) is 23.7 Å². The Morgan fingerprint density at radius 1 is 1.56 bits per heavy atom. The summed E-state index contributed by atoms with van der Waals surface area (Å²) in [5, 5.41) is 9.47. The van der Waals surface area contributed by atoms with Crippen LogP contribution >= 0.6 is 0 Å². The van der Waals surface area contributed by atoms with Crippen molar-refractivity contribution in [1.82, 2.24) is 0 Å². The third kappa shape index (κ3) is 1.37. The summed E-state index contributed by atoms with van der Waals surface area (Å²) >= 11 is 0. The van der Waals surface area contributed by atoms with E-state index < -0.39 is 5.97 Å². The molecule has 0 saturated heterocycles. The standard InChI is InChI=1S/C12H16O4/c1-11(2)6-12(11,7-13)9-5-4-8(16-9)10(14)15-3/h4-5,13H,6-7H2,1-3H3. The molecular weight excluding hydrogens is 208 g/mol. The summed E-state index contributed by atoms with van der Waals surface area (Å²) in [6.07, 6.45) is 0.866. The Hall–Kier alpha value is -1.29. The molecule has 0 radical (unpaired) electrons. The maximum Gasteiger partial charge on any atom is 0.373 e. The Labute approximate surface area is 94.2 Å². The van der Waals surface area contributed by atoms with Gasteiger partial charge in [-0.3, -0.25) is 0 Å². The first kappa shape index (κ1) is 11.2. The maximum absolute atomic E-state index is 11.2. The summed E-state index contributed by atoms with van der Waals surface area (Å²) in [5.41, 5.74) is -0.313. The topological polar surface area (TPSA) is 59.7 Å². The number of rotatable bonds is 3. The molecule has 1 aromatic heterocycles. The molecule has 1 aliphatic carbocycles. The average Bonchev–Trinajstić information content (AvgIpc) is 2.68. The molecule has 0 aliphatic heterocycles. The Balaban J connectivity index is 2.29. The molecule has 0 aromatic carbocycles. The van der Waals surface area contributed by atoms with Crippen LogP contribution in [0.4, 0.5) is 0 Å². The Kier molecular flexibility index (Phi) is 2.35. The smallest absolute Gasteiger partial charge is 0.373 e. The largest absolute Gasteiger partial charge is 0.463 e. The third-order valence-electron chi connectivity index (χ3n) is 3.65. The molecule has 1 heterocycles. The molecule has 1 atom stereocenters. The van der Waals surface area contributed by atoms with Crippen LogP contribution in [0.3, 0.4) is 0 Å². The van der Waals surface area contributed by atoms with Crippen molar-refractivity contribution in [2.24, 2.45) is 5.41 Å². The van der Waals surface area contributed by atoms with E-state index in [0.29, 0.717) is 5.76 Å². The Morgan fingerprint density at radius 3 is 2.62 bits per heavy atom.